The Morgan fingerprint density at radius 1 is 0.900 bits per heavy atom. The summed E-state index contributed by atoms with van der Waals surface area (Å²) in [5.41, 5.74) is 1.50. The van der Waals surface area contributed by atoms with Crippen molar-refractivity contribution in [1.82, 2.24) is 10.6 Å². The first-order valence-electron chi connectivity index (χ1n) is 12.9. The van der Waals surface area contributed by atoms with Crippen molar-refractivity contribution in [2.24, 2.45) is 5.92 Å². The number of carbonyl (C=O) groups is 4. The molecule has 11 heteroatoms. The fourth-order valence-corrected chi connectivity index (χ4v) is 4.17. The summed E-state index contributed by atoms with van der Waals surface area (Å²) in [5.74, 6) is -2.82. The van der Waals surface area contributed by atoms with Crippen molar-refractivity contribution >= 4 is 40.3 Å². The maximum absolute atomic E-state index is 13.4. The van der Waals surface area contributed by atoms with E-state index in [2.05, 4.69) is 16.0 Å². The van der Waals surface area contributed by atoms with E-state index in [1.54, 1.807) is 31.2 Å². The van der Waals surface area contributed by atoms with Gasteiger partial charge in [0.05, 0.1) is 6.42 Å². The van der Waals surface area contributed by atoms with E-state index < -0.39 is 41.4 Å². The summed E-state index contributed by atoms with van der Waals surface area (Å²) in [6.45, 7) is 5.50. The number of rotatable bonds is 12. The Balaban J connectivity index is 1.84. The Morgan fingerprint density at radius 2 is 1.60 bits per heavy atom. The first-order valence-corrected chi connectivity index (χ1v) is 12.9. The average Bonchev–Trinajstić information content (AvgIpc) is 2.87. The molecular weight excluding hydrogens is 518 g/mol. The highest BCUT2D eigenvalue weighted by atomic mass is 16.4. The third-order valence-corrected chi connectivity index (χ3v) is 6.15. The molecule has 0 saturated heterocycles. The third-order valence-electron chi connectivity index (χ3n) is 6.15. The minimum absolute atomic E-state index is 0.00983. The number of aromatic hydroxyl groups is 1. The molecule has 0 aliphatic carbocycles. The highest BCUT2D eigenvalue weighted by Crippen LogP contribution is 2.21. The van der Waals surface area contributed by atoms with E-state index in [0.717, 1.165) is 5.56 Å². The van der Waals surface area contributed by atoms with Crippen LogP contribution in [0, 0.1) is 12.8 Å². The Hall–Kier alpha value is -4.67. The summed E-state index contributed by atoms with van der Waals surface area (Å²) in [6, 6.07) is 10.3. The second-order valence-electron chi connectivity index (χ2n) is 10.0. The highest BCUT2D eigenvalue weighted by molar-refractivity contribution is 5.99. The molecule has 0 spiro atoms. The topological polar surface area (TPSA) is 175 Å². The standard InChI is InChI=1S/C29H33N3O8/c1-16(2)12-22(31-25(34)10-11-26(35)36)29(39)32-23(14-18-4-7-20(33)8-5-18)28(38)30-19-6-9-21-17(3)13-27(37)40-24(21)15-19/h4-9,13,15-16,22-23,33H,10-12,14H2,1-3H3,(H,30,38)(H,31,34)(H,32,39)(H,35,36)/t22-,23+/m1/s1. The van der Waals surface area contributed by atoms with Gasteiger partial charge in [-0.05, 0) is 54.7 Å². The number of anilines is 1. The number of phenols is 1. The Kier molecular flexibility index (Phi) is 10.0. The Morgan fingerprint density at radius 3 is 2.25 bits per heavy atom. The van der Waals surface area contributed by atoms with Crippen molar-refractivity contribution in [3.63, 3.8) is 0 Å². The van der Waals surface area contributed by atoms with Crippen molar-refractivity contribution in [2.45, 2.75) is 58.5 Å². The maximum Gasteiger partial charge on any atom is 0.336 e. The summed E-state index contributed by atoms with van der Waals surface area (Å²) in [7, 11) is 0. The van der Waals surface area contributed by atoms with Crippen LogP contribution in [0.1, 0.15) is 44.2 Å². The first kappa shape index (κ1) is 29.9. The molecule has 3 amide bonds. The van der Waals surface area contributed by atoms with E-state index in [0.29, 0.717) is 22.2 Å². The molecule has 0 fully saturated rings. The molecule has 0 saturated carbocycles. The summed E-state index contributed by atoms with van der Waals surface area (Å²) in [5, 5.41) is 27.2. The minimum atomic E-state index is -1.13. The van der Waals surface area contributed by atoms with Crippen LogP contribution < -0.4 is 21.6 Å². The molecule has 3 rings (SSSR count). The predicted molar refractivity (Wildman–Crippen MR) is 148 cm³/mol. The number of nitrogens with one attached hydrogen (secondary N) is 3. The molecule has 3 aromatic rings. The van der Waals surface area contributed by atoms with Gasteiger partial charge in [0.1, 0.15) is 23.4 Å². The lowest BCUT2D eigenvalue weighted by molar-refractivity contribution is -0.139. The van der Waals surface area contributed by atoms with Gasteiger partial charge < -0.3 is 30.6 Å². The Labute approximate surface area is 230 Å². The molecule has 1 heterocycles. The van der Waals surface area contributed by atoms with Crippen LogP contribution in [-0.2, 0) is 25.6 Å². The van der Waals surface area contributed by atoms with Gasteiger partial charge in [-0.2, -0.15) is 0 Å². The van der Waals surface area contributed by atoms with Gasteiger partial charge in [-0.1, -0.05) is 26.0 Å². The number of aryl methyl sites for hydroxylation is 1. The maximum atomic E-state index is 13.4. The molecule has 11 nitrogen and oxygen atoms in total. The van der Waals surface area contributed by atoms with Gasteiger partial charge in [0, 0.05) is 36.0 Å². The van der Waals surface area contributed by atoms with Crippen LogP contribution in [0.15, 0.2) is 57.7 Å². The third kappa shape index (κ3) is 8.69. The van der Waals surface area contributed by atoms with Crippen molar-refractivity contribution < 1.29 is 33.8 Å². The zero-order chi connectivity index (χ0) is 29.4. The van der Waals surface area contributed by atoms with Gasteiger partial charge in [0.25, 0.3) is 0 Å². The zero-order valence-electron chi connectivity index (χ0n) is 22.5. The summed E-state index contributed by atoms with van der Waals surface area (Å²) >= 11 is 0. The predicted octanol–water partition coefficient (Wildman–Crippen LogP) is 2.87. The lowest BCUT2D eigenvalue weighted by Gasteiger charge is -2.24. The van der Waals surface area contributed by atoms with Crippen LogP contribution in [0.2, 0.25) is 0 Å². The van der Waals surface area contributed by atoms with Crippen LogP contribution in [0.4, 0.5) is 5.69 Å². The number of fused-ring (bicyclic) bond motifs is 1. The first-order chi connectivity index (χ1) is 18.9. The van der Waals surface area contributed by atoms with Crippen LogP contribution >= 0.6 is 0 Å². The molecule has 0 radical (unpaired) electrons. The van der Waals surface area contributed by atoms with Crippen LogP contribution in [0.25, 0.3) is 11.0 Å². The second kappa shape index (κ2) is 13.4. The number of carboxylic acid groups (broad SMARTS) is 1. The van der Waals surface area contributed by atoms with E-state index in [1.165, 1.54) is 24.3 Å². The second-order valence-corrected chi connectivity index (χ2v) is 10.0. The molecule has 1 aromatic heterocycles. The lowest BCUT2D eigenvalue weighted by atomic mass is 10.0. The van der Waals surface area contributed by atoms with Crippen molar-refractivity contribution in [2.75, 3.05) is 5.32 Å². The molecule has 0 aliphatic heterocycles. The van der Waals surface area contributed by atoms with E-state index in [4.69, 9.17) is 9.52 Å². The van der Waals surface area contributed by atoms with Gasteiger partial charge in [0.15, 0.2) is 0 Å². The molecule has 2 atom stereocenters. The molecule has 0 aliphatic rings. The van der Waals surface area contributed by atoms with E-state index in [-0.39, 0.29) is 37.4 Å². The fraction of sp³-hybridized carbons (Fsp3) is 0.345. The van der Waals surface area contributed by atoms with Gasteiger partial charge in [-0.15, -0.1) is 0 Å². The number of benzene rings is 2. The average molecular weight is 552 g/mol. The largest absolute Gasteiger partial charge is 0.508 e. The van der Waals surface area contributed by atoms with Crippen LogP contribution in [0.3, 0.4) is 0 Å². The quantitative estimate of drug-likeness (QED) is 0.214. The smallest absolute Gasteiger partial charge is 0.336 e. The number of amides is 3. The van der Waals surface area contributed by atoms with Gasteiger partial charge in [0.2, 0.25) is 17.7 Å². The molecule has 0 bridgehead atoms. The van der Waals surface area contributed by atoms with Gasteiger partial charge in [-0.3, -0.25) is 19.2 Å². The number of carboxylic acids is 1. The fourth-order valence-electron chi connectivity index (χ4n) is 4.17. The summed E-state index contributed by atoms with van der Waals surface area (Å²) in [4.78, 5) is 61.6. The molecule has 5 N–H and O–H groups in total. The monoisotopic (exact) mass is 551 g/mol. The normalized spacial score (nSPS) is 12.5. The zero-order valence-corrected chi connectivity index (χ0v) is 22.5. The molecule has 2 aromatic carbocycles. The van der Waals surface area contributed by atoms with Crippen LogP contribution in [-0.4, -0.2) is 46.0 Å². The molecule has 0 unspecified atom stereocenters. The molecular formula is C29H33N3O8. The van der Waals surface area contributed by atoms with Crippen LogP contribution in [0.5, 0.6) is 5.75 Å². The van der Waals surface area contributed by atoms with E-state index in [1.807, 2.05) is 13.8 Å². The van der Waals surface area contributed by atoms with Crippen molar-refractivity contribution in [1.29, 1.82) is 0 Å². The lowest BCUT2D eigenvalue weighted by Crippen LogP contribution is -2.53. The van der Waals surface area contributed by atoms with E-state index >= 15 is 0 Å². The highest BCUT2D eigenvalue weighted by Gasteiger charge is 2.28. The van der Waals surface area contributed by atoms with Crippen molar-refractivity contribution in [3.05, 3.63) is 70.1 Å². The number of phenolic OH excluding ortho intramolecular Hbond substituents is 1. The SMILES string of the molecule is Cc1cc(=O)oc2cc(NC(=O)[C@H](Cc3ccc(O)cc3)NC(=O)[C@@H](CC(C)C)NC(=O)CCC(=O)O)ccc12. The van der Waals surface area contributed by atoms with E-state index in [9.17, 15) is 29.1 Å². The molecule has 212 valence electrons. The Bertz CT molecular complexity index is 1450. The number of hydrogen-bond donors (Lipinski definition) is 5. The number of carbonyl (C=O) groups excluding carboxylic acids is 3. The summed E-state index contributed by atoms with van der Waals surface area (Å²) in [6.07, 6.45) is -0.326. The molecule has 40 heavy (non-hydrogen) atoms. The van der Waals surface area contributed by atoms with Gasteiger partial charge in [-0.25, -0.2) is 4.79 Å². The number of hydrogen-bond acceptors (Lipinski definition) is 7. The number of aliphatic carboxylic acids is 1. The van der Waals surface area contributed by atoms with Crippen molar-refractivity contribution in [3.8, 4) is 5.75 Å². The summed E-state index contributed by atoms with van der Waals surface area (Å²) < 4.78 is 5.26. The minimum Gasteiger partial charge on any atom is -0.508 e. The van der Waals surface area contributed by atoms with Gasteiger partial charge >= 0.3 is 11.6 Å².